The van der Waals surface area contributed by atoms with E-state index in [4.69, 9.17) is 10.5 Å². The zero-order valence-electron chi connectivity index (χ0n) is 10.9. The van der Waals surface area contributed by atoms with Crippen molar-refractivity contribution in [2.45, 2.75) is 12.7 Å². The molecule has 0 radical (unpaired) electrons. The molecule has 20 heavy (non-hydrogen) atoms. The van der Waals surface area contributed by atoms with Gasteiger partial charge in [-0.15, -0.1) is 0 Å². The fourth-order valence-corrected chi connectivity index (χ4v) is 1.96. The second kappa shape index (κ2) is 6.34. The second-order valence-electron chi connectivity index (χ2n) is 4.17. The van der Waals surface area contributed by atoms with Gasteiger partial charge in [-0.1, -0.05) is 30.3 Å². The van der Waals surface area contributed by atoms with Gasteiger partial charge in [-0.2, -0.15) is 8.78 Å². The van der Waals surface area contributed by atoms with E-state index in [0.29, 0.717) is 5.75 Å². The predicted octanol–water partition coefficient (Wildman–Crippen LogP) is 3.34. The van der Waals surface area contributed by atoms with Crippen LogP contribution in [0.2, 0.25) is 0 Å². The number of hydrogen-bond acceptors (Lipinski definition) is 3. The van der Waals surface area contributed by atoms with Gasteiger partial charge in [0.25, 0.3) is 0 Å². The van der Waals surface area contributed by atoms with Gasteiger partial charge >= 0.3 is 6.61 Å². The van der Waals surface area contributed by atoms with Gasteiger partial charge in [-0.3, -0.25) is 0 Å². The molecule has 1 atom stereocenters. The summed E-state index contributed by atoms with van der Waals surface area (Å²) in [5.74, 6) is 0.795. The third kappa shape index (κ3) is 3.24. The first-order chi connectivity index (χ1) is 9.61. The monoisotopic (exact) mass is 279 g/mol. The smallest absolute Gasteiger partial charge is 0.387 e. The van der Waals surface area contributed by atoms with Crippen LogP contribution < -0.4 is 15.2 Å². The van der Waals surface area contributed by atoms with E-state index < -0.39 is 12.7 Å². The Kier molecular flexibility index (Phi) is 4.53. The molecule has 1 unspecified atom stereocenters. The number of methoxy groups -OCH3 is 1. The first-order valence-corrected chi connectivity index (χ1v) is 6.05. The van der Waals surface area contributed by atoms with Crippen LogP contribution >= 0.6 is 0 Å². The van der Waals surface area contributed by atoms with Gasteiger partial charge in [0, 0.05) is 5.56 Å². The van der Waals surface area contributed by atoms with Crippen molar-refractivity contribution in [3.63, 3.8) is 0 Å². The highest BCUT2D eigenvalue weighted by molar-refractivity contribution is 5.42. The number of ether oxygens (including phenoxy) is 2. The minimum atomic E-state index is -2.83. The summed E-state index contributed by atoms with van der Waals surface area (Å²) in [7, 11) is 1.57. The maximum Gasteiger partial charge on any atom is 0.387 e. The summed E-state index contributed by atoms with van der Waals surface area (Å²) >= 11 is 0. The summed E-state index contributed by atoms with van der Waals surface area (Å²) in [5.41, 5.74) is 7.79. The number of para-hydroxylation sites is 1. The van der Waals surface area contributed by atoms with Crippen LogP contribution in [0.4, 0.5) is 8.78 Å². The zero-order chi connectivity index (χ0) is 14.5. The Morgan fingerprint density at radius 3 is 2.25 bits per heavy atom. The van der Waals surface area contributed by atoms with Gasteiger partial charge in [-0.05, 0) is 23.8 Å². The van der Waals surface area contributed by atoms with Gasteiger partial charge in [0.15, 0.2) is 0 Å². The van der Waals surface area contributed by atoms with Gasteiger partial charge in [-0.25, -0.2) is 0 Å². The SMILES string of the molecule is COc1ccccc1C(N)c1ccc(OC(F)F)cc1. The van der Waals surface area contributed by atoms with Crippen molar-refractivity contribution >= 4 is 0 Å². The Hall–Kier alpha value is -2.14. The molecule has 0 heterocycles. The largest absolute Gasteiger partial charge is 0.496 e. The van der Waals surface area contributed by atoms with Gasteiger partial charge < -0.3 is 15.2 Å². The Bertz CT molecular complexity index is 558. The van der Waals surface area contributed by atoms with E-state index in [-0.39, 0.29) is 5.75 Å². The third-order valence-corrected chi connectivity index (χ3v) is 2.94. The lowest BCUT2D eigenvalue weighted by atomic mass is 9.99. The normalized spacial score (nSPS) is 12.2. The van der Waals surface area contributed by atoms with E-state index in [0.717, 1.165) is 11.1 Å². The van der Waals surface area contributed by atoms with Gasteiger partial charge in [0.05, 0.1) is 13.2 Å². The fraction of sp³-hybridized carbons (Fsp3) is 0.200. The van der Waals surface area contributed by atoms with Gasteiger partial charge in [0.2, 0.25) is 0 Å². The topological polar surface area (TPSA) is 44.5 Å². The number of benzene rings is 2. The highest BCUT2D eigenvalue weighted by Gasteiger charge is 2.14. The molecule has 2 aromatic rings. The summed E-state index contributed by atoms with van der Waals surface area (Å²) < 4.78 is 33.7. The Balaban J connectivity index is 2.22. The molecule has 5 heteroatoms. The van der Waals surface area contributed by atoms with E-state index in [1.807, 2.05) is 24.3 Å². The molecule has 0 saturated carbocycles. The van der Waals surface area contributed by atoms with Crippen molar-refractivity contribution < 1.29 is 18.3 Å². The molecule has 0 bridgehead atoms. The van der Waals surface area contributed by atoms with Crippen molar-refractivity contribution in [2.24, 2.45) is 5.73 Å². The van der Waals surface area contributed by atoms with Gasteiger partial charge in [0.1, 0.15) is 11.5 Å². The van der Waals surface area contributed by atoms with Crippen LogP contribution in [0.5, 0.6) is 11.5 Å². The van der Waals surface area contributed by atoms with Crippen molar-refractivity contribution in [2.75, 3.05) is 7.11 Å². The molecule has 0 fully saturated rings. The third-order valence-electron chi connectivity index (χ3n) is 2.94. The number of rotatable bonds is 5. The average molecular weight is 279 g/mol. The molecule has 106 valence electrons. The summed E-state index contributed by atoms with van der Waals surface area (Å²) in [6.45, 7) is -2.83. The van der Waals surface area contributed by atoms with Crippen LogP contribution in [0.15, 0.2) is 48.5 Å². The number of nitrogens with two attached hydrogens (primary N) is 1. The van der Waals surface area contributed by atoms with Crippen LogP contribution in [-0.2, 0) is 0 Å². The molecule has 0 aliphatic rings. The maximum absolute atomic E-state index is 12.1. The molecule has 0 spiro atoms. The molecule has 0 saturated heterocycles. The Labute approximate surface area is 115 Å². The molecule has 0 amide bonds. The van der Waals surface area contributed by atoms with E-state index in [1.165, 1.54) is 12.1 Å². The lowest BCUT2D eigenvalue weighted by Gasteiger charge is -2.16. The quantitative estimate of drug-likeness (QED) is 0.913. The number of halogens is 2. The predicted molar refractivity (Wildman–Crippen MR) is 72.1 cm³/mol. The van der Waals surface area contributed by atoms with Crippen molar-refractivity contribution in [3.8, 4) is 11.5 Å². The highest BCUT2D eigenvalue weighted by atomic mass is 19.3. The Morgan fingerprint density at radius 1 is 1.00 bits per heavy atom. The van der Waals surface area contributed by atoms with Crippen LogP contribution in [-0.4, -0.2) is 13.7 Å². The summed E-state index contributed by atoms with van der Waals surface area (Å²) in [5, 5.41) is 0. The lowest BCUT2D eigenvalue weighted by molar-refractivity contribution is -0.0498. The standard InChI is InChI=1S/C15H15F2NO2/c1-19-13-5-3-2-4-12(13)14(18)10-6-8-11(9-7-10)20-15(16)17/h2-9,14-15H,18H2,1H3. The zero-order valence-corrected chi connectivity index (χ0v) is 10.9. The van der Waals surface area contributed by atoms with E-state index in [2.05, 4.69) is 4.74 Å². The van der Waals surface area contributed by atoms with Crippen LogP contribution in [0.25, 0.3) is 0 Å². The maximum atomic E-state index is 12.1. The number of hydrogen-bond donors (Lipinski definition) is 1. The van der Waals surface area contributed by atoms with E-state index >= 15 is 0 Å². The fourth-order valence-electron chi connectivity index (χ4n) is 1.96. The van der Waals surface area contributed by atoms with Crippen molar-refractivity contribution in [3.05, 3.63) is 59.7 Å². The molecule has 3 nitrogen and oxygen atoms in total. The molecule has 0 aromatic heterocycles. The second-order valence-corrected chi connectivity index (χ2v) is 4.17. The van der Waals surface area contributed by atoms with Crippen molar-refractivity contribution in [1.82, 2.24) is 0 Å². The molecule has 2 aromatic carbocycles. The summed E-state index contributed by atoms with van der Waals surface area (Å²) in [6, 6.07) is 13.3. The first-order valence-electron chi connectivity index (χ1n) is 6.05. The molecular weight excluding hydrogens is 264 g/mol. The molecule has 0 aliphatic carbocycles. The van der Waals surface area contributed by atoms with Crippen LogP contribution in [0, 0.1) is 0 Å². The molecule has 2 rings (SSSR count). The summed E-state index contributed by atoms with van der Waals surface area (Å²) in [6.07, 6.45) is 0. The molecular formula is C15H15F2NO2. The molecule has 0 aliphatic heterocycles. The first kappa shape index (κ1) is 14.3. The minimum absolute atomic E-state index is 0.107. The minimum Gasteiger partial charge on any atom is -0.496 e. The van der Waals surface area contributed by atoms with Crippen LogP contribution in [0.1, 0.15) is 17.2 Å². The number of alkyl halides is 2. The highest BCUT2D eigenvalue weighted by Crippen LogP contribution is 2.29. The lowest BCUT2D eigenvalue weighted by Crippen LogP contribution is -2.13. The summed E-state index contributed by atoms with van der Waals surface area (Å²) in [4.78, 5) is 0. The van der Waals surface area contributed by atoms with E-state index in [1.54, 1.807) is 19.2 Å². The van der Waals surface area contributed by atoms with Crippen LogP contribution in [0.3, 0.4) is 0 Å². The molecule has 2 N–H and O–H groups in total. The van der Waals surface area contributed by atoms with E-state index in [9.17, 15) is 8.78 Å². The van der Waals surface area contributed by atoms with Crippen molar-refractivity contribution in [1.29, 1.82) is 0 Å². The average Bonchev–Trinajstić information content (AvgIpc) is 2.46. The Morgan fingerprint density at radius 2 is 1.65 bits per heavy atom.